The predicted molar refractivity (Wildman–Crippen MR) is 169 cm³/mol. The minimum atomic E-state index is -0.880. The smallest absolute Gasteiger partial charge is 0.338 e. The van der Waals surface area contributed by atoms with E-state index in [4.69, 9.17) is 35.3 Å². The first kappa shape index (κ1) is 32.3. The number of hydrogen-bond donors (Lipinski definition) is 0. The van der Waals surface area contributed by atoms with E-state index < -0.39 is 12.0 Å². The molecule has 0 saturated carbocycles. The van der Waals surface area contributed by atoms with Gasteiger partial charge in [0.25, 0.3) is 11.5 Å². The van der Waals surface area contributed by atoms with E-state index in [1.807, 2.05) is 6.92 Å². The lowest BCUT2D eigenvalue weighted by molar-refractivity contribution is -0.139. The molecular weight excluding hydrogens is 622 g/mol. The molecule has 0 N–H and O–H groups in total. The van der Waals surface area contributed by atoms with E-state index in [9.17, 15) is 14.4 Å². The number of allylic oxidation sites excluding steroid dienone is 1. The largest absolute Gasteiger partial charge is 0.496 e. The van der Waals surface area contributed by atoms with Gasteiger partial charge in [-0.1, -0.05) is 29.0 Å². The summed E-state index contributed by atoms with van der Waals surface area (Å²) in [5, 5.41) is 0.420. The van der Waals surface area contributed by atoms with Gasteiger partial charge in [-0.2, -0.15) is 0 Å². The highest BCUT2D eigenvalue weighted by molar-refractivity contribution is 7.07. The van der Waals surface area contributed by atoms with Crippen LogP contribution in [0.15, 0.2) is 57.5 Å². The average Bonchev–Trinajstić information content (AvgIpc) is 3.34. The molecule has 1 saturated heterocycles. The number of carbonyl (C=O) groups is 2. The number of rotatable bonds is 10. The van der Waals surface area contributed by atoms with E-state index in [-0.39, 0.29) is 30.3 Å². The van der Waals surface area contributed by atoms with Crippen molar-refractivity contribution in [3.63, 3.8) is 0 Å². The van der Waals surface area contributed by atoms with Gasteiger partial charge in [0.05, 0.1) is 49.3 Å². The van der Waals surface area contributed by atoms with E-state index >= 15 is 0 Å². The van der Waals surface area contributed by atoms with Crippen molar-refractivity contribution in [2.45, 2.75) is 26.8 Å². The molecule has 11 nitrogen and oxygen atoms in total. The highest BCUT2D eigenvalue weighted by Crippen LogP contribution is 2.37. The number of halogens is 1. The Bertz CT molecular complexity index is 1810. The standard InChI is InChI=1S/C32H34ClN3O8S/c1-5-42-25-15-20(7-9-24(25)44-18-27(37)35-11-13-41-14-12-35)16-26-30(38)36-29(22-17-21(33)8-10-23(22)40-4)28(31(39)43-6-2)19(3)34-32(36)45-26/h7-10,15-17,29H,5-6,11-14,18H2,1-4H3/b26-16-/t29-/m1/s1. The van der Waals surface area contributed by atoms with Crippen LogP contribution in [0, 0.1) is 0 Å². The number of ether oxygens (including phenoxy) is 5. The molecule has 1 fully saturated rings. The third-order valence-electron chi connectivity index (χ3n) is 7.28. The highest BCUT2D eigenvalue weighted by atomic mass is 35.5. The van der Waals surface area contributed by atoms with Crippen LogP contribution in [0.4, 0.5) is 0 Å². The summed E-state index contributed by atoms with van der Waals surface area (Å²) >= 11 is 7.57. The molecule has 5 rings (SSSR count). The topological polar surface area (TPSA) is 118 Å². The Morgan fingerprint density at radius 2 is 1.82 bits per heavy atom. The van der Waals surface area contributed by atoms with Crippen LogP contribution in [0.5, 0.6) is 17.2 Å². The van der Waals surface area contributed by atoms with E-state index in [2.05, 4.69) is 4.99 Å². The van der Waals surface area contributed by atoms with Gasteiger partial charge in [-0.15, -0.1) is 0 Å². The molecule has 0 aliphatic carbocycles. The first-order valence-electron chi connectivity index (χ1n) is 14.5. The summed E-state index contributed by atoms with van der Waals surface area (Å²) in [5.41, 5.74) is 1.51. The maximum atomic E-state index is 14.1. The number of esters is 1. The number of hydrogen-bond acceptors (Lipinski definition) is 10. The molecule has 0 spiro atoms. The lowest BCUT2D eigenvalue weighted by Crippen LogP contribution is -2.43. The first-order valence-corrected chi connectivity index (χ1v) is 15.7. The fourth-order valence-electron chi connectivity index (χ4n) is 5.20. The number of benzene rings is 2. The summed E-state index contributed by atoms with van der Waals surface area (Å²) in [5.74, 6) is 0.605. The van der Waals surface area contributed by atoms with Gasteiger partial charge in [0.2, 0.25) is 0 Å². The van der Waals surface area contributed by atoms with Crippen LogP contribution in [0.3, 0.4) is 0 Å². The Morgan fingerprint density at radius 1 is 1.07 bits per heavy atom. The molecule has 3 aromatic rings. The Kier molecular flexibility index (Phi) is 10.3. The van der Waals surface area contributed by atoms with Crippen LogP contribution in [-0.2, 0) is 19.1 Å². The van der Waals surface area contributed by atoms with Gasteiger partial charge in [-0.25, -0.2) is 9.79 Å². The zero-order chi connectivity index (χ0) is 32.1. The molecule has 45 heavy (non-hydrogen) atoms. The number of aromatic nitrogens is 1. The number of fused-ring (bicyclic) bond motifs is 1. The first-order chi connectivity index (χ1) is 21.7. The molecule has 1 atom stereocenters. The lowest BCUT2D eigenvalue weighted by Gasteiger charge is -2.26. The second kappa shape index (κ2) is 14.3. The van der Waals surface area contributed by atoms with E-state index in [1.54, 1.807) is 61.2 Å². The quantitative estimate of drug-likeness (QED) is 0.306. The average molecular weight is 656 g/mol. The van der Waals surface area contributed by atoms with Gasteiger partial charge >= 0.3 is 5.97 Å². The third kappa shape index (κ3) is 6.92. The fourth-order valence-corrected chi connectivity index (χ4v) is 6.43. The Labute approximate surface area is 268 Å². The molecule has 1 amide bonds. The van der Waals surface area contributed by atoms with Crippen molar-refractivity contribution in [1.29, 1.82) is 0 Å². The highest BCUT2D eigenvalue weighted by Gasteiger charge is 2.35. The lowest BCUT2D eigenvalue weighted by atomic mass is 9.95. The maximum absolute atomic E-state index is 14.1. The number of thiazole rings is 1. The Hall–Kier alpha value is -4.13. The van der Waals surface area contributed by atoms with Gasteiger partial charge in [-0.05, 0) is 62.7 Å². The van der Waals surface area contributed by atoms with Gasteiger partial charge < -0.3 is 28.6 Å². The van der Waals surface area contributed by atoms with Gasteiger partial charge in [-0.3, -0.25) is 14.2 Å². The van der Waals surface area contributed by atoms with Gasteiger partial charge in [0.15, 0.2) is 22.9 Å². The molecule has 0 bridgehead atoms. The summed E-state index contributed by atoms with van der Waals surface area (Å²) in [6, 6.07) is 9.41. The molecule has 238 valence electrons. The van der Waals surface area contributed by atoms with E-state index in [1.165, 1.54) is 23.0 Å². The fraction of sp³-hybridized carbons (Fsp3) is 0.375. The number of carbonyl (C=O) groups excluding carboxylic acids is 2. The predicted octanol–water partition coefficient (Wildman–Crippen LogP) is 3.10. The summed E-state index contributed by atoms with van der Waals surface area (Å²) in [4.78, 5) is 46.6. The molecule has 0 radical (unpaired) electrons. The summed E-state index contributed by atoms with van der Waals surface area (Å²) < 4.78 is 29.8. The van der Waals surface area contributed by atoms with E-state index in [0.717, 1.165) is 0 Å². The van der Waals surface area contributed by atoms with Crippen molar-refractivity contribution in [2.24, 2.45) is 4.99 Å². The van der Waals surface area contributed by atoms with Crippen molar-refractivity contribution in [2.75, 3.05) is 53.2 Å². The maximum Gasteiger partial charge on any atom is 0.338 e. The zero-order valence-electron chi connectivity index (χ0n) is 25.5. The van der Waals surface area contributed by atoms with Crippen LogP contribution in [-0.4, -0.2) is 74.6 Å². The van der Waals surface area contributed by atoms with Crippen molar-refractivity contribution >= 4 is 40.9 Å². The number of nitrogens with zero attached hydrogens (tertiary/aromatic N) is 3. The molecule has 2 aliphatic heterocycles. The zero-order valence-corrected chi connectivity index (χ0v) is 27.0. The normalized spacial score (nSPS) is 16.6. The van der Waals surface area contributed by atoms with E-state index in [0.29, 0.717) is 81.3 Å². The van der Waals surface area contributed by atoms with Gasteiger partial charge in [0.1, 0.15) is 11.8 Å². The summed E-state index contributed by atoms with van der Waals surface area (Å²) in [7, 11) is 1.51. The molecular formula is C32H34ClN3O8S. The second-order valence-corrected chi connectivity index (χ2v) is 11.6. The second-order valence-electron chi connectivity index (χ2n) is 10.1. The van der Waals surface area contributed by atoms with Crippen LogP contribution in [0.1, 0.15) is 37.9 Å². The minimum absolute atomic E-state index is 0.130. The van der Waals surface area contributed by atoms with Gasteiger partial charge in [0, 0.05) is 23.7 Å². The summed E-state index contributed by atoms with van der Waals surface area (Å²) in [6.45, 7) is 7.75. The Morgan fingerprint density at radius 3 is 2.53 bits per heavy atom. The van der Waals surface area contributed by atoms with Crippen molar-refractivity contribution in [1.82, 2.24) is 9.47 Å². The monoisotopic (exact) mass is 655 g/mol. The van der Waals surface area contributed by atoms with Crippen LogP contribution >= 0.6 is 22.9 Å². The minimum Gasteiger partial charge on any atom is -0.496 e. The van der Waals surface area contributed by atoms with Crippen molar-refractivity contribution in [3.05, 3.63) is 83.5 Å². The third-order valence-corrected chi connectivity index (χ3v) is 8.50. The summed E-state index contributed by atoms with van der Waals surface area (Å²) in [6.07, 6.45) is 1.73. The van der Waals surface area contributed by atoms with Crippen LogP contribution < -0.4 is 29.1 Å². The molecule has 3 heterocycles. The molecule has 0 unspecified atom stereocenters. The molecule has 2 aromatic carbocycles. The van der Waals surface area contributed by atoms with Crippen molar-refractivity contribution in [3.8, 4) is 17.2 Å². The SMILES string of the molecule is CCOC(=O)C1=C(C)N=c2s/c(=C\c3ccc(OCC(=O)N4CCOCC4)c(OCC)c3)c(=O)n2[C@@H]1c1cc(Cl)ccc1OC. The van der Waals surface area contributed by atoms with Crippen LogP contribution in [0.25, 0.3) is 6.08 Å². The molecule has 1 aromatic heterocycles. The van der Waals surface area contributed by atoms with Crippen molar-refractivity contribution < 1.29 is 33.3 Å². The molecule has 13 heteroatoms. The van der Waals surface area contributed by atoms with Crippen LogP contribution in [0.2, 0.25) is 5.02 Å². The number of amides is 1. The Balaban J connectivity index is 1.54. The molecule has 2 aliphatic rings. The number of methoxy groups -OCH3 is 1. The number of morpholine rings is 1.